The van der Waals surface area contributed by atoms with Crippen molar-refractivity contribution in [1.82, 2.24) is 0 Å². The number of aliphatic hydroxyl groups is 1. The molecule has 0 saturated heterocycles. The predicted octanol–water partition coefficient (Wildman–Crippen LogP) is 8.34. The summed E-state index contributed by atoms with van der Waals surface area (Å²) in [5, 5.41) is 9.83. The van der Waals surface area contributed by atoms with Crippen molar-refractivity contribution < 1.29 is 24.1 Å². The summed E-state index contributed by atoms with van der Waals surface area (Å²) < 4.78 is 18.6. The van der Waals surface area contributed by atoms with Gasteiger partial charge in [0.25, 0.3) is 0 Å². The predicted molar refractivity (Wildman–Crippen MR) is 148 cm³/mol. The molecule has 1 aromatic rings. The molecule has 0 saturated carbocycles. The van der Waals surface area contributed by atoms with Crippen LogP contribution in [0.25, 0.3) is 0 Å². The molecule has 0 amide bonds. The number of ketones is 1. The lowest BCUT2D eigenvalue weighted by atomic mass is 10.1. The third-order valence-corrected chi connectivity index (χ3v) is 5.82. The smallest absolute Gasteiger partial charge is 0.203 e. The number of hydrogen-bond donors (Lipinski definition) is 1. The highest BCUT2D eigenvalue weighted by Gasteiger charge is 2.16. The SMILES string of the molecule is CCCCCCOc1cc(C#C/C(C(C)=O)=C(\C)O)cc(OCCCCCC)c1OCCCCCC. The van der Waals surface area contributed by atoms with E-state index in [-0.39, 0.29) is 17.1 Å². The van der Waals surface area contributed by atoms with E-state index in [0.29, 0.717) is 42.6 Å². The van der Waals surface area contributed by atoms with Gasteiger partial charge in [0, 0.05) is 5.56 Å². The van der Waals surface area contributed by atoms with Gasteiger partial charge >= 0.3 is 0 Å². The maximum atomic E-state index is 11.9. The first-order valence-corrected chi connectivity index (χ1v) is 13.9. The van der Waals surface area contributed by atoms with Crippen molar-refractivity contribution in [3.63, 3.8) is 0 Å². The number of Topliss-reactive ketones (excluding diaryl/α,β-unsaturated/α-hetero) is 1. The van der Waals surface area contributed by atoms with Crippen LogP contribution in [0.2, 0.25) is 0 Å². The number of hydrogen-bond acceptors (Lipinski definition) is 5. The van der Waals surface area contributed by atoms with E-state index in [4.69, 9.17) is 14.2 Å². The van der Waals surface area contributed by atoms with Crippen LogP contribution < -0.4 is 14.2 Å². The highest BCUT2D eigenvalue weighted by Crippen LogP contribution is 2.39. The van der Waals surface area contributed by atoms with Gasteiger partial charge in [-0.05, 0) is 45.2 Å². The number of carbonyl (C=O) groups excluding carboxylic acids is 1. The third-order valence-electron chi connectivity index (χ3n) is 5.82. The standard InChI is InChI=1S/C31H48O5/c1-6-9-12-15-20-34-29-23-27(18-19-28(25(4)32)26(5)33)24-30(35-21-16-13-10-7-2)31(29)36-22-17-14-11-8-3/h23-24,32H,6-17,20-22H2,1-5H3/b28-25-. The Morgan fingerprint density at radius 3 is 1.56 bits per heavy atom. The largest absolute Gasteiger partial charge is 0.511 e. The van der Waals surface area contributed by atoms with Crippen molar-refractivity contribution in [2.24, 2.45) is 0 Å². The zero-order valence-electron chi connectivity index (χ0n) is 23.3. The average Bonchev–Trinajstić information content (AvgIpc) is 2.84. The Balaban J connectivity index is 3.26. The molecule has 0 bridgehead atoms. The van der Waals surface area contributed by atoms with Crippen LogP contribution in [0.1, 0.15) is 117 Å². The fourth-order valence-corrected chi connectivity index (χ4v) is 3.70. The number of aliphatic hydroxyl groups excluding tert-OH is 1. The van der Waals surface area contributed by atoms with E-state index in [1.54, 1.807) is 0 Å². The molecule has 1 N–H and O–H groups in total. The van der Waals surface area contributed by atoms with Crippen LogP contribution in [0.5, 0.6) is 17.2 Å². The van der Waals surface area contributed by atoms with E-state index in [0.717, 1.165) is 38.5 Å². The Morgan fingerprint density at radius 1 is 0.722 bits per heavy atom. The highest BCUT2D eigenvalue weighted by molar-refractivity contribution is 5.98. The maximum Gasteiger partial charge on any atom is 0.203 e. The minimum absolute atomic E-state index is 0.0816. The first-order valence-electron chi connectivity index (χ1n) is 13.9. The van der Waals surface area contributed by atoms with Gasteiger partial charge in [-0.2, -0.15) is 0 Å². The van der Waals surface area contributed by atoms with Crippen LogP contribution in [-0.2, 0) is 4.79 Å². The molecule has 0 radical (unpaired) electrons. The van der Waals surface area contributed by atoms with E-state index in [2.05, 4.69) is 32.6 Å². The molecule has 5 nitrogen and oxygen atoms in total. The molecule has 0 fully saturated rings. The van der Waals surface area contributed by atoms with Gasteiger partial charge in [-0.15, -0.1) is 0 Å². The topological polar surface area (TPSA) is 65.0 Å². The first kappa shape index (κ1) is 31.4. The first-order chi connectivity index (χ1) is 17.4. The van der Waals surface area contributed by atoms with Crippen LogP contribution in [0.4, 0.5) is 0 Å². The molecule has 0 heterocycles. The lowest BCUT2D eigenvalue weighted by Gasteiger charge is -2.18. The van der Waals surface area contributed by atoms with Gasteiger partial charge < -0.3 is 19.3 Å². The van der Waals surface area contributed by atoms with E-state index in [9.17, 15) is 9.90 Å². The van der Waals surface area contributed by atoms with Gasteiger partial charge in [0.1, 0.15) is 11.3 Å². The molecule has 0 aliphatic carbocycles. The van der Waals surface area contributed by atoms with Crippen molar-refractivity contribution in [2.45, 2.75) is 112 Å². The molecule has 0 aliphatic heterocycles. The summed E-state index contributed by atoms with van der Waals surface area (Å²) in [5.74, 6) is 7.35. The van der Waals surface area contributed by atoms with Gasteiger partial charge in [-0.3, -0.25) is 4.79 Å². The molecule has 5 heteroatoms. The van der Waals surface area contributed by atoms with Gasteiger partial charge in [-0.1, -0.05) is 90.4 Å². The molecule has 36 heavy (non-hydrogen) atoms. The number of allylic oxidation sites excluding steroid dienone is 2. The molecule has 1 rings (SSSR count). The summed E-state index contributed by atoms with van der Waals surface area (Å²) in [5.41, 5.74) is 0.760. The second kappa shape index (κ2) is 19.6. The molecule has 0 atom stereocenters. The van der Waals surface area contributed by atoms with Crippen molar-refractivity contribution >= 4 is 5.78 Å². The van der Waals surface area contributed by atoms with E-state index in [1.807, 2.05) is 12.1 Å². The molecule has 1 aromatic carbocycles. The number of benzene rings is 1. The summed E-state index contributed by atoms with van der Waals surface area (Å²) in [7, 11) is 0. The van der Waals surface area contributed by atoms with Crippen LogP contribution in [-0.4, -0.2) is 30.7 Å². The Labute approximate surface area is 219 Å². The number of ether oxygens (including phenoxy) is 3. The van der Waals surface area contributed by atoms with Gasteiger partial charge in [0.2, 0.25) is 5.75 Å². The van der Waals surface area contributed by atoms with Crippen LogP contribution in [0.3, 0.4) is 0 Å². The minimum Gasteiger partial charge on any atom is -0.511 e. The molecule has 0 spiro atoms. The maximum absolute atomic E-state index is 11.9. The quantitative estimate of drug-likeness (QED) is 0.0895. The molecule has 0 unspecified atom stereocenters. The number of rotatable bonds is 19. The summed E-state index contributed by atoms with van der Waals surface area (Å²) in [4.78, 5) is 11.9. The van der Waals surface area contributed by atoms with E-state index in [1.165, 1.54) is 52.4 Å². The van der Waals surface area contributed by atoms with Crippen LogP contribution >= 0.6 is 0 Å². The normalized spacial score (nSPS) is 11.4. The Hall–Kier alpha value is -2.61. The summed E-state index contributed by atoms with van der Waals surface area (Å²) in [6.45, 7) is 11.2. The summed E-state index contributed by atoms with van der Waals surface area (Å²) in [6.07, 6.45) is 13.3. The average molecular weight is 501 g/mol. The highest BCUT2D eigenvalue weighted by atomic mass is 16.5. The lowest BCUT2D eigenvalue weighted by Crippen LogP contribution is -2.07. The minimum atomic E-state index is -0.269. The molecule has 202 valence electrons. The van der Waals surface area contributed by atoms with Crippen LogP contribution in [0, 0.1) is 11.8 Å². The number of carbonyl (C=O) groups is 1. The van der Waals surface area contributed by atoms with Crippen molar-refractivity contribution in [2.75, 3.05) is 19.8 Å². The lowest BCUT2D eigenvalue weighted by molar-refractivity contribution is -0.113. The van der Waals surface area contributed by atoms with E-state index >= 15 is 0 Å². The van der Waals surface area contributed by atoms with Crippen molar-refractivity contribution in [3.8, 4) is 29.1 Å². The fourth-order valence-electron chi connectivity index (χ4n) is 3.70. The Morgan fingerprint density at radius 2 is 1.17 bits per heavy atom. The number of unbranched alkanes of at least 4 members (excludes halogenated alkanes) is 9. The fraction of sp³-hybridized carbons (Fsp3) is 0.645. The summed E-state index contributed by atoms with van der Waals surface area (Å²) in [6, 6.07) is 3.70. The zero-order chi connectivity index (χ0) is 26.6. The van der Waals surface area contributed by atoms with Gasteiger partial charge in [-0.25, -0.2) is 0 Å². The van der Waals surface area contributed by atoms with E-state index < -0.39 is 0 Å². The monoisotopic (exact) mass is 500 g/mol. The zero-order valence-corrected chi connectivity index (χ0v) is 23.3. The second-order valence-electron chi connectivity index (χ2n) is 9.30. The van der Waals surface area contributed by atoms with Gasteiger partial charge in [0.05, 0.1) is 19.8 Å². The molecular formula is C31H48O5. The summed E-state index contributed by atoms with van der Waals surface area (Å²) >= 11 is 0. The van der Waals surface area contributed by atoms with Crippen molar-refractivity contribution in [3.05, 3.63) is 29.0 Å². The molecule has 0 aliphatic rings. The molecule has 0 aromatic heterocycles. The third kappa shape index (κ3) is 12.9. The van der Waals surface area contributed by atoms with Crippen molar-refractivity contribution in [1.29, 1.82) is 0 Å². The molecular weight excluding hydrogens is 452 g/mol. The van der Waals surface area contributed by atoms with Gasteiger partial charge in [0.15, 0.2) is 17.3 Å². The Bertz CT molecular complexity index is 820. The second-order valence-corrected chi connectivity index (χ2v) is 9.30. The van der Waals surface area contributed by atoms with Crippen LogP contribution in [0.15, 0.2) is 23.5 Å². The Kier molecular flexibility index (Phi) is 17.1.